The average molecular weight is 281 g/mol. The van der Waals surface area contributed by atoms with Gasteiger partial charge in [-0.25, -0.2) is 4.98 Å². The minimum Gasteiger partial charge on any atom is -0.370 e. The van der Waals surface area contributed by atoms with Crippen LogP contribution >= 0.6 is 0 Å². The van der Waals surface area contributed by atoms with Crippen LogP contribution in [0, 0.1) is 0 Å². The van der Waals surface area contributed by atoms with Gasteiger partial charge in [-0.05, 0) is 43.5 Å². The molecule has 0 atom stereocenters. The second-order valence-corrected chi connectivity index (χ2v) is 5.13. The molecule has 1 amide bonds. The van der Waals surface area contributed by atoms with E-state index < -0.39 is 0 Å². The third kappa shape index (κ3) is 2.75. The summed E-state index contributed by atoms with van der Waals surface area (Å²) in [6, 6.07) is 13.6. The lowest BCUT2D eigenvalue weighted by molar-refractivity contribution is 0.0980. The first-order valence-corrected chi connectivity index (χ1v) is 7.40. The number of para-hydroxylation sites is 1. The Labute approximate surface area is 124 Å². The van der Waals surface area contributed by atoms with E-state index in [2.05, 4.69) is 16.4 Å². The van der Waals surface area contributed by atoms with Gasteiger partial charge in [0.25, 0.3) is 5.91 Å². The van der Waals surface area contributed by atoms with Gasteiger partial charge in [0.2, 0.25) is 0 Å². The molecule has 0 unspecified atom stereocenters. The molecular weight excluding hydrogens is 262 g/mol. The smallest absolute Gasteiger partial charge is 0.276 e. The van der Waals surface area contributed by atoms with Gasteiger partial charge >= 0.3 is 0 Å². The molecule has 0 bridgehead atoms. The first-order chi connectivity index (χ1) is 10.3. The molecule has 0 saturated carbocycles. The number of aromatic nitrogens is 1. The maximum atomic E-state index is 12.8. The van der Waals surface area contributed by atoms with Crippen molar-refractivity contribution in [1.29, 1.82) is 0 Å². The third-order valence-corrected chi connectivity index (χ3v) is 3.68. The minimum absolute atomic E-state index is 0.0260. The number of nitrogens with one attached hydrogen (secondary N) is 1. The maximum Gasteiger partial charge on any atom is 0.276 e. The molecule has 0 aliphatic carbocycles. The van der Waals surface area contributed by atoms with Gasteiger partial charge < -0.3 is 10.2 Å². The van der Waals surface area contributed by atoms with Crippen LogP contribution in [0.2, 0.25) is 0 Å². The molecule has 1 N–H and O–H groups in total. The molecule has 1 aromatic heterocycles. The Morgan fingerprint density at radius 2 is 2.10 bits per heavy atom. The van der Waals surface area contributed by atoms with Crippen LogP contribution in [-0.4, -0.2) is 24.0 Å². The van der Waals surface area contributed by atoms with Gasteiger partial charge in [0, 0.05) is 18.8 Å². The van der Waals surface area contributed by atoms with Crippen molar-refractivity contribution in [2.45, 2.75) is 19.8 Å². The number of carbonyl (C=O) groups excluding carboxylic acids is 1. The molecule has 0 saturated heterocycles. The molecule has 108 valence electrons. The van der Waals surface area contributed by atoms with E-state index in [0.29, 0.717) is 5.69 Å². The number of hydrogen-bond donors (Lipinski definition) is 1. The Bertz CT molecular complexity index is 654. The summed E-state index contributed by atoms with van der Waals surface area (Å²) in [6.07, 6.45) is 2.03. The van der Waals surface area contributed by atoms with Gasteiger partial charge in [0.05, 0.1) is 0 Å². The predicted octanol–water partition coefficient (Wildman–Crippen LogP) is 3.11. The molecule has 4 heteroatoms. The van der Waals surface area contributed by atoms with Crippen LogP contribution in [0.1, 0.15) is 29.4 Å². The molecule has 0 fully saturated rings. The van der Waals surface area contributed by atoms with Crippen LogP contribution in [0.5, 0.6) is 0 Å². The predicted molar refractivity (Wildman–Crippen MR) is 84.8 cm³/mol. The van der Waals surface area contributed by atoms with Crippen molar-refractivity contribution >= 4 is 17.4 Å². The monoisotopic (exact) mass is 281 g/mol. The molecular formula is C17H19N3O. The standard InChI is InChI=1S/C17H19N3O/c1-2-18-16-11-5-9-14(19-16)17(21)20-12-6-8-13-7-3-4-10-15(13)20/h3-5,7,9-11H,2,6,8,12H2,1H3,(H,18,19). The van der Waals surface area contributed by atoms with Crippen molar-refractivity contribution in [2.24, 2.45) is 0 Å². The summed E-state index contributed by atoms with van der Waals surface area (Å²) in [5.41, 5.74) is 2.74. The zero-order chi connectivity index (χ0) is 14.7. The van der Waals surface area contributed by atoms with E-state index in [1.165, 1.54) is 5.56 Å². The molecule has 21 heavy (non-hydrogen) atoms. The number of amides is 1. The number of carbonyl (C=O) groups is 1. The van der Waals surface area contributed by atoms with E-state index in [0.717, 1.165) is 37.4 Å². The van der Waals surface area contributed by atoms with Gasteiger partial charge in [-0.1, -0.05) is 24.3 Å². The number of aryl methyl sites for hydroxylation is 1. The van der Waals surface area contributed by atoms with E-state index in [4.69, 9.17) is 0 Å². The average Bonchev–Trinajstić information content (AvgIpc) is 2.54. The summed E-state index contributed by atoms with van der Waals surface area (Å²) >= 11 is 0. The number of nitrogens with zero attached hydrogens (tertiary/aromatic N) is 2. The second kappa shape index (κ2) is 5.95. The Hall–Kier alpha value is -2.36. The van der Waals surface area contributed by atoms with Gasteiger partial charge in [-0.2, -0.15) is 0 Å². The van der Waals surface area contributed by atoms with Gasteiger partial charge in [0.15, 0.2) is 0 Å². The molecule has 0 spiro atoms. The van der Waals surface area contributed by atoms with Crippen LogP contribution in [0.15, 0.2) is 42.5 Å². The molecule has 1 aromatic carbocycles. The SMILES string of the molecule is CCNc1cccc(C(=O)N2CCCc3ccccc32)n1. The summed E-state index contributed by atoms with van der Waals surface area (Å²) in [7, 11) is 0. The van der Waals surface area contributed by atoms with Crippen LogP contribution in [0.25, 0.3) is 0 Å². The number of anilines is 2. The van der Waals surface area contributed by atoms with Crippen molar-refractivity contribution in [3.05, 3.63) is 53.7 Å². The van der Waals surface area contributed by atoms with E-state index in [1.807, 2.05) is 42.2 Å². The zero-order valence-corrected chi connectivity index (χ0v) is 12.2. The van der Waals surface area contributed by atoms with Crippen molar-refractivity contribution in [1.82, 2.24) is 4.98 Å². The van der Waals surface area contributed by atoms with Crippen molar-refractivity contribution < 1.29 is 4.79 Å². The van der Waals surface area contributed by atoms with Crippen LogP contribution in [0.3, 0.4) is 0 Å². The lowest BCUT2D eigenvalue weighted by Gasteiger charge is -2.29. The van der Waals surface area contributed by atoms with Gasteiger partial charge in [0.1, 0.15) is 11.5 Å². The maximum absolute atomic E-state index is 12.8. The Balaban J connectivity index is 1.91. The van der Waals surface area contributed by atoms with E-state index in [-0.39, 0.29) is 5.91 Å². The summed E-state index contributed by atoms with van der Waals surface area (Å²) in [6.45, 7) is 3.55. The Kier molecular flexibility index (Phi) is 3.86. The molecule has 4 nitrogen and oxygen atoms in total. The molecule has 3 rings (SSSR count). The Morgan fingerprint density at radius 1 is 1.24 bits per heavy atom. The molecule has 0 radical (unpaired) electrons. The molecule has 2 heterocycles. The minimum atomic E-state index is -0.0260. The topological polar surface area (TPSA) is 45.2 Å². The number of fused-ring (bicyclic) bond motifs is 1. The Morgan fingerprint density at radius 3 is 2.95 bits per heavy atom. The lowest BCUT2D eigenvalue weighted by Crippen LogP contribution is -2.36. The second-order valence-electron chi connectivity index (χ2n) is 5.13. The molecule has 1 aliphatic rings. The van der Waals surface area contributed by atoms with Crippen molar-refractivity contribution in [2.75, 3.05) is 23.3 Å². The van der Waals surface area contributed by atoms with Crippen LogP contribution < -0.4 is 10.2 Å². The zero-order valence-electron chi connectivity index (χ0n) is 12.2. The fraction of sp³-hybridized carbons (Fsp3) is 0.294. The molecule has 1 aliphatic heterocycles. The summed E-state index contributed by atoms with van der Waals surface area (Å²) in [5, 5.41) is 3.14. The number of benzene rings is 1. The number of hydrogen-bond acceptors (Lipinski definition) is 3. The lowest BCUT2D eigenvalue weighted by atomic mass is 10.0. The van der Waals surface area contributed by atoms with E-state index in [1.54, 1.807) is 6.07 Å². The van der Waals surface area contributed by atoms with Crippen LogP contribution in [-0.2, 0) is 6.42 Å². The quantitative estimate of drug-likeness (QED) is 0.940. The van der Waals surface area contributed by atoms with Gasteiger partial charge in [-0.15, -0.1) is 0 Å². The van der Waals surface area contributed by atoms with Crippen LogP contribution in [0.4, 0.5) is 11.5 Å². The summed E-state index contributed by atoms with van der Waals surface area (Å²) in [4.78, 5) is 19.0. The van der Waals surface area contributed by atoms with E-state index in [9.17, 15) is 4.79 Å². The number of pyridine rings is 1. The highest BCUT2D eigenvalue weighted by Gasteiger charge is 2.24. The third-order valence-electron chi connectivity index (χ3n) is 3.68. The van der Waals surface area contributed by atoms with E-state index >= 15 is 0 Å². The first kappa shape index (κ1) is 13.6. The largest absolute Gasteiger partial charge is 0.370 e. The highest BCUT2D eigenvalue weighted by Crippen LogP contribution is 2.27. The fourth-order valence-corrected chi connectivity index (χ4v) is 2.72. The normalized spacial score (nSPS) is 13.7. The first-order valence-electron chi connectivity index (χ1n) is 7.40. The van der Waals surface area contributed by atoms with Gasteiger partial charge in [-0.3, -0.25) is 4.79 Å². The fourth-order valence-electron chi connectivity index (χ4n) is 2.72. The summed E-state index contributed by atoms with van der Waals surface area (Å²) in [5.74, 6) is 0.718. The highest BCUT2D eigenvalue weighted by atomic mass is 16.2. The van der Waals surface area contributed by atoms with Crippen molar-refractivity contribution in [3.8, 4) is 0 Å². The summed E-state index contributed by atoms with van der Waals surface area (Å²) < 4.78 is 0. The number of rotatable bonds is 3. The molecule has 2 aromatic rings. The van der Waals surface area contributed by atoms with Crippen molar-refractivity contribution in [3.63, 3.8) is 0 Å². The highest BCUT2D eigenvalue weighted by molar-refractivity contribution is 6.05.